The summed E-state index contributed by atoms with van der Waals surface area (Å²) in [7, 11) is 1.60. The first-order valence-corrected chi connectivity index (χ1v) is 6.61. The van der Waals surface area contributed by atoms with Gasteiger partial charge in [0.2, 0.25) is 0 Å². The monoisotopic (exact) mass is 217 g/mol. The molecule has 0 N–H and O–H groups in total. The maximum absolute atomic E-state index is 4.69. The van der Waals surface area contributed by atoms with Gasteiger partial charge in [0.25, 0.3) is 0 Å². The number of rotatable bonds is 9. The molecule has 0 saturated heterocycles. The Kier molecular flexibility index (Phi) is 10.8. The smallest absolute Gasteiger partial charge is 0.106 e. The summed E-state index contributed by atoms with van der Waals surface area (Å²) in [6.45, 7) is 4.26. The summed E-state index contributed by atoms with van der Waals surface area (Å²) in [5, 5.41) is 3.88. The van der Waals surface area contributed by atoms with E-state index in [1.54, 1.807) is 7.11 Å². The molecule has 14 heavy (non-hydrogen) atoms. The second kappa shape index (κ2) is 10.9. The Labute approximate surface area is 92.5 Å². The standard InChI is InChI=1S/C11H23NOS/c1-4-5-6-7-9-14-10-8-11(2)12-13-3/h4-10H2,1-3H3/b12-11+. The second-order valence-corrected chi connectivity index (χ2v) is 4.66. The Morgan fingerprint density at radius 2 is 2.00 bits per heavy atom. The van der Waals surface area contributed by atoms with E-state index >= 15 is 0 Å². The van der Waals surface area contributed by atoms with Gasteiger partial charge in [-0.15, -0.1) is 0 Å². The summed E-state index contributed by atoms with van der Waals surface area (Å²) in [4.78, 5) is 4.69. The van der Waals surface area contributed by atoms with Crippen LogP contribution >= 0.6 is 11.8 Å². The first-order chi connectivity index (χ1) is 6.81. The minimum Gasteiger partial charge on any atom is -0.399 e. The van der Waals surface area contributed by atoms with Gasteiger partial charge in [-0.3, -0.25) is 0 Å². The van der Waals surface area contributed by atoms with Gasteiger partial charge in [-0.05, 0) is 31.3 Å². The van der Waals surface area contributed by atoms with E-state index < -0.39 is 0 Å². The molecular weight excluding hydrogens is 194 g/mol. The van der Waals surface area contributed by atoms with Crippen LogP contribution in [0.3, 0.4) is 0 Å². The van der Waals surface area contributed by atoms with Crippen LogP contribution in [0.5, 0.6) is 0 Å². The summed E-state index contributed by atoms with van der Waals surface area (Å²) in [5.74, 6) is 2.46. The lowest BCUT2D eigenvalue weighted by atomic mass is 10.2. The molecule has 0 saturated carbocycles. The molecule has 0 rings (SSSR count). The van der Waals surface area contributed by atoms with Gasteiger partial charge in [0.1, 0.15) is 7.11 Å². The summed E-state index contributed by atoms with van der Waals surface area (Å²) < 4.78 is 0. The molecule has 3 heteroatoms. The number of thioether (sulfide) groups is 1. The molecule has 2 nitrogen and oxygen atoms in total. The molecule has 0 spiro atoms. The highest BCUT2D eigenvalue weighted by Crippen LogP contribution is 2.09. The Balaban J connectivity index is 3.09. The number of unbranched alkanes of at least 4 members (excludes halogenated alkanes) is 3. The van der Waals surface area contributed by atoms with Crippen molar-refractivity contribution in [3.05, 3.63) is 0 Å². The topological polar surface area (TPSA) is 21.6 Å². The molecule has 0 aliphatic carbocycles. The fourth-order valence-corrected chi connectivity index (χ4v) is 2.21. The fourth-order valence-electron chi connectivity index (χ4n) is 1.15. The van der Waals surface area contributed by atoms with Crippen LogP contribution in [0.2, 0.25) is 0 Å². The van der Waals surface area contributed by atoms with Gasteiger partial charge in [-0.1, -0.05) is 31.3 Å². The molecule has 0 aromatic carbocycles. The number of oxime groups is 1. The van der Waals surface area contributed by atoms with Crippen LogP contribution in [0.4, 0.5) is 0 Å². The van der Waals surface area contributed by atoms with E-state index in [1.807, 2.05) is 18.7 Å². The van der Waals surface area contributed by atoms with Crippen LogP contribution in [-0.4, -0.2) is 24.3 Å². The van der Waals surface area contributed by atoms with E-state index in [0.717, 1.165) is 12.1 Å². The SMILES string of the molecule is CCCCCCSCC/C(C)=N/OC. The summed E-state index contributed by atoms with van der Waals surface area (Å²) in [5.41, 5.74) is 1.09. The van der Waals surface area contributed by atoms with Crippen molar-refractivity contribution in [3.63, 3.8) is 0 Å². The van der Waals surface area contributed by atoms with Crippen LogP contribution < -0.4 is 0 Å². The van der Waals surface area contributed by atoms with Gasteiger partial charge in [0, 0.05) is 0 Å². The predicted octanol–water partition coefficient (Wildman–Crippen LogP) is 3.71. The maximum atomic E-state index is 4.69. The molecule has 0 aliphatic heterocycles. The normalized spacial score (nSPS) is 11.8. The highest BCUT2D eigenvalue weighted by Gasteiger charge is 1.94. The molecule has 84 valence electrons. The molecule has 0 fully saturated rings. The van der Waals surface area contributed by atoms with Crippen molar-refractivity contribution in [1.29, 1.82) is 0 Å². The molecule has 0 aliphatic rings. The molecule has 0 amide bonds. The van der Waals surface area contributed by atoms with Gasteiger partial charge in [-0.2, -0.15) is 11.8 Å². The van der Waals surface area contributed by atoms with Crippen molar-refractivity contribution in [3.8, 4) is 0 Å². The van der Waals surface area contributed by atoms with Crippen LogP contribution in [0.1, 0.15) is 46.0 Å². The first kappa shape index (κ1) is 13.8. The third-order valence-electron chi connectivity index (χ3n) is 2.00. The minimum absolute atomic E-state index is 1.05. The lowest BCUT2D eigenvalue weighted by Gasteiger charge is -2.01. The summed E-state index contributed by atoms with van der Waals surface area (Å²) in [6.07, 6.45) is 6.49. The molecule has 0 unspecified atom stereocenters. The Morgan fingerprint density at radius 1 is 1.21 bits per heavy atom. The average Bonchev–Trinajstić information content (AvgIpc) is 2.17. The van der Waals surface area contributed by atoms with Gasteiger partial charge in [0.15, 0.2) is 0 Å². The largest absolute Gasteiger partial charge is 0.399 e. The molecule has 0 heterocycles. The third-order valence-corrected chi connectivity index (χ3v) is 3.07. The van der Waals surface area contributed by atoms with Crippen molar-refractivity contribution in [2.75, 3.05) is 18.6 Å². The van der Waals surface area contributed by atoms with Crippen molar-refractivity contribution < 1.29 is 4.84 Å². The van der Waals surface area contributed by atoms with E-state index in [2.05, 4.69) is 12.1 Å². The maximum Gasteiger partial charge on any atom is 0.106 e. The van der Waals surface area contributed by atoms with Crippen LogP contribution in [0.15, 0.2) is 5.16 Å². The molecule has 0 aromatic rings. The molecular formula is C11H23NOS. The summed E-state index contributed by atoms with van der Waals surface area (Å²) in [6, 6.07) is 0. The second-order valence-electron chi connectivity index (χ2n) is 3.43. The van der Waals surface area contributed by atoms with Crippen molar-refractivity contribution >= 4 is 17.5 Å². The van der Waals surface area contributed by atoms with Crippen LogP contribution in [0.25, 0.3) is 0 Å². The zero-order valence-electron chi connectivity index (χ0n) is 9.71. The number of nitrogens with zero attached hydrogens (tertiary/aromatic N) is 1. The van der Waals surface area contributed by atoms with Gasteiger partial charge >= 0.3 is 0 Å². The van der Waals surface area contributed by atoms with Crippen molar-refractivity contribution in [2.24, 2.45) is 5.16 Å². The van der Waals surface area contributed by atoms with E-state index in [4.69, 9.17) is 4.84 Å². The lowest BCUT2D eigenvalue weighted by Crippen LogP contribution is -1.95. The third kappa shape index (κ3) is 9.90. The van der Waals surface area contributed by atoms with Crippen molar-refractivity contribution in [1.82, 2.24) is 0 Å². The Morgan fingerprint density at radius 3 is 2.64 bits per heavy atom. The minimum atomic E-state index is 1.05. The van der Waals surface area contributed by atoms with Crippen molar-refractivity contribution in [2.45, 2.75) is 46.0 Å². The lowest BCUT2D eigenvalue weighted by molar-refractivity contribution is 0.212. The number of hydrogen-bond acceptors (Lipinski definition) is 3. The van der Waals surface area contributed by atoms with Crippen LogP contribution in [0, 0.1) is 0 Å². The zero-order valence-corrected chi connectivity index (χ0v) is 10.5. The van der Waals surface area contributed by atoms with E-state index in [9.17, 15) is 0 Å². The Hall–Kier alpha value is -0.180. The zero-order chi connectivity index (χ0) is 10.6. The first-order valence-electron chi connectivity index (χ1n) is 5.45. The van der Waals surface area contributed by atoms with Gasteiger partial charge < -0.3 is 4.84 Å². The highest BCUT2D eigenvalue weighted by molar-refractivity contribution is 7.99. The summed E-state index contributed by atoms with van der Waals surface area (Å²) >= 11 is 2.02. The molecule has 0 atom stereocenters. The van der Waals surface area contributed by atoms with Gasteiger partial charge in [0.05, 0.1) is 5.71 Å². The van der Waals surface area contributed by atoms with E-state index in [1.165, 1.54) is 37.2 Å². The fraction of sp³-hybridized carbons (Fsp3) is 0.909. The van der Waals surface area contributed by atoms with E-state index in [0.29, 0.717) is 0 Å². The molecule has 0 bridgehead atoms. The highest BCUT2D eigenvalue weighted by atomic mass is 32.2. The quantitative estimate of drug-likeness (QED) is 0.333. The predicted molar refractivity (Wildman–Crippen MR) is 66.2 cm³/mol. The van der Waals surface area contributed by atoms with Gasteiger partial charge in [-0.25, -0.2) is 0 Å². The average molecular weight is 217 g/mol. The number of hydrogen-bond donors (Lipinski definition) is 0. The van der Waals surface area contributed by atoms with E-state index in [-0.39, 0.29) is 0 Å². The Bertz CT molecular complexity index is 148. The molecule has 0 radical (unpaired) electrons. The van der Waals surface area contributed by atoms with Crippen LogP contribution in [-0.2, 0) is 4.84 Å². The molecule has 0 aromatic heterocycles.